The molecule has 0 aromatic carbocycles. The summed E-state index contributed by atoms with van der Waals surface area (Å²) in [5.41, 5.74) is 0.593. The van der Waals surface area contributed by atoms with Crippen LogP contribution in [0.15, 0.2) is 12.4 Å². The quantitative estimate of drug-likeness (QED) is 0.809. The smallest absolute Gasteiger partial charge is 0.0932 e. The summed E-state index contributed by atoms with van der Waals surface area (Å²) in [6.07, 6.45) is 6.57. The monoisotopic (exact) mass is 208 g/mol. The summed E-state index contributed by atoms with van der Waals surface area (Å²) >= 11 is 0. The SMILES string of the molecule is CCn1cc(C2(O)CCC(C)(C)C2)cn1. The van der Waals surface area contributed by atoms with Gasteiger partial charge in [0.1, 0.15) is 0 Å². The second kappa shape index (κ2) is 3.34. The number of aromatic nitrogens is 2. The van der Waals surface area contributed by atoms with Crippen LogP contribution >= 0.6 is 0 Å². The van der Waals surface area contributed by atoms with E-state index in [0.717, 1.165) is 31.4 Å². The maximum absolute atomic E-state index is 10.6. The average molecular weight is 208 g/mol. The Hall–Kier alpha value is -0.830. The highest BCUT2D eigenvalue weighted by atomic mass is 16.3. The van der Waals surface area contributed by atoms with Crippen LogP contribution in [0.3, 0.4) is 0 Å². The van der Waals surface area contributed by atoms with Crippen LogP contribution in [-0.4, -0.2) is 14.9 Å². The van der Waals surface area contributed by atoms with E-state index in [2.05, 4.69) is 25.9 Å². The van der Waals surface area contributed by atoms with Crippen LogP contribution in [0, 0.1) is 5.41 Å². The molecular formula is C12H20N2O. The third-order valence-electron chi connectivity index (χ3n) is 3.48. The van der Waals surface area contributed by atoms with Crippen molar-refractivity contribution in [2.24, 2.45) is 5.41 Å². The molecule has 0 bridgehead atoms. The lowest BCUT2D eigenvalue weighted by atomic mass is 9.87. The van der Waals surface area contributed by atoms with Gasteiger partial charge in [0, 0.05) is 18.3 Å². The van der Waals surface area contributed by atoms with Crippen molar-refractivity contribution < 1.29 is 5.11 Å². The third-order valence-corrected chi connectivity index (χ3v) is 3.48. The molecule has 15 heavy (non-hydrogen) atoms. The predicted molar refractivity (Wildman–Crippen MR) is 59.4 cm³/mol. The van der Waals surface area contributed by atoms with Gasteiger partial charge in [0.2, 0.25) is 0 Å². The first-order valence-corrected chi connectivity index (χ1v) is 5.70. The standard InChI is InChI=1S/C12H20N2O/c1-4-14-8-10(7-13-14)12(15)6-5-11(2,3)9-12/h7-8,15H,4-6,9H2,1-3H3. The minimum atomic E-state index is -0.642. The molecule has 0 spiro atoms. The van der Waals surface area contributed by atoms with Gasteiger partial charge in [-0.15, -0.1) is 0 Å². The second-order valence-electron chi connectivity index (χ2n) is 5.46. The Balaban J connectivity index is 2.23. The van der Waals surface area contributed by atoms with Crippen molar-refractivity contribution >= 4 is 0 Å². The molecule has 0 radical (unpaired) electrons. The Kier molecular flexibility index (Phi) is 2.38. The molecule has 1 atom stereocenters. The Morgan fingerprint density at radius 2 is 2.20 bits per heavy atom. The first-order valence-electron chi connectivity index (χ1n) is 5.70. The first kappa shape index (κ1) is 10.7. The summed E-state index contributed by atoms with van der Waals surface area (Å²) in [5.74, 6) is 0. The highest BCUT2D eigenvalue weighted by Gasteiger charge is 2.43. The summed E-state index contributed by atoms with van der Waals surface area (Å²) in [7, 11) is 0. The van der Waals surface area contributed by atoms with E-state index >= 15 is 0 Å². The molecule has 0 aliphatic heterocycles. The van der Waals surface area contributed by atoms with Gasteiger partial charge in [-0.2, -0.15) is 5.10 Å². The number of hydrogen-bond donors (Lipinski definition) is 1. The zero-order chi connectivity index (χ0) is 11.1. The lowest BCUT2D eigenvalue weighted by molar-refractivity contribution is 0.0337. The minimum absolute atomic E-state index is 0.253. The zero-order valence-electron chi connectivity index (χ0n) is 9.82. The molecule has 1 aromatic heterocycles. The highest BCUT2D eigenvalue weighted by Crippen LogP contribution is 2.48. The Morgan fingerprint density at radius 3 is 2.67 bits per heavy atom. The fourth-order valence-corrected chi connectivity index (χ4v) is 2.54. The molecule has 1 heterocycles. The lowest BCUT2D eigenvalue weighted by Gasteiger charge is -2.23. The maximum atomic E-state index is 10.6. The van der Waals surface area contributed by atoms with Gasteiger partial charge in [0.05, 0.1) is 11.8 Å². The summed E-state index contributed by atoms with van der Waals surface area (Å²) in [6.45, 7) is 7.35. The fourth-order valence-electron chi connectivity index (χ4n) is 2.54. The molecule has 3 heteroatoms. The Labute approximate surface area is 91.1 Å². The molecule has 1 aliphatic carbocycles. The van der Waals surface area contributed by atoms with Crippen molar-refractivity contribution in [1.82, 2.24) is 9.78 Å². The fraction of sp³-hybridized carbons (Fsp3) is 0.750. The molecule has 1 saturated carbocycles. The van der Waals surface area contributed by atoms with Crippen molar-refractivity contribution in [3.05, 3.63) is 18.0 Å². The van der Waals surface area contributed by atoms with Crippen molar-refractivity contribution in [1.29, 1.82) is 0 Å². The van der Waals surface area contributed by atoms with E-state index in [1.165, 1.54) is 0 Å². The maximum Gasteiger partial charge on any atom is 0.0932 e. The van der Waals surface area contributed by atoms with E-state index in [9.17, 15) is 5.11 Å². The van der Waals surface area contributed by atoms with Gasteiger partial charge < -0.3 is 5.11 Å². The van der Waals surface area contributed by atoms with Crippen molar-refractivity contribution in [2.75, 3.05) is 0 Å². The van der Waals surface area contributed by atoms with Gasteiger partial charge in [-0.05, 0) is 31.6 Å². The number of nitrogens with zero attached hydrogens (tertiary/aromatic N) is 2. The van der Waals surface area contributed by atoms with E-state index in [1.54, 1.807) is 0 Å². The van der Waals surface area contributed by atoms with Crippen molar-refractivity contribution in [2.45, 2.75) is 52.2 Å². The van der Waals surface area contributed by atoms with Gasteiger partial charge in [0.15, 0.2) is 0 Å². The minimum Gasteiger partial charge on any atom is -0.385 e. The van der Waals surface area contributed by atoms with Gasteiger partial charge >= 0.3 is 0 Å². The Morgan fingerprint density at radius 1 is 1.47 bits per heavy atom. The molecule has 1 aromatic rings. The molecule has 84 valence electrons. The summed E-state index contributed by atoms with van der Waals surface area (Å²) in [4.78, 5) is 0. The molecule has 0 saturated heterocycles. The Bertz CT molecular complexity index is 356. The number of aliphatic hydroxyl groups is 1. The van der Waals surface area contributed by atoms with Gasteiger partial charge in [-0.25, -0.2) is 0 Å². The van der Waals surface area contributed by atoms with Gasteiger partial charge in [0.25, 0.3) is 0 Å². The van der Waals surface area contributed by atoms with Gasteiger partial charge in [-0.1, -0.05) is 13.8 Å². The molecule has 2 rings (SSSR count). The molecule has 1 aliphatic rings. The van der Waals surface area contributed by atoms with E-state index in [4.69, 9.17) is 0 Å². The first-order chi connectivity index (χ1) is 6.95. The van der Waals surface area contributed by atoms with Crippen LogP contribution < -0.4 is 0 Å². The van der Waals surface area contributed by atoms with E-state index in [0.29, 0.717) is 0 Å². The average Bonchev–Trinajstić information content (AvgIpc) is 2.71. The van der Waals surface area contributed by atoms with Crippen LogP contribution in [0.1, 0.15) is 45.6 Å². The second-order valence-corrected chi connectivity index (χ2v) is 5.46. The predicted octanol–water partition coefficient (Wildman–Crippen LogP) is 2.30. The summed E-state index contributed by atoms with van der Waals surface area (Å²) in [5, 5.41) is 14.8. The number of rotatable bonds is 2. The molecule has 3 nitrogen and oxygen atoms in total. The van der Waals surface area contributed by atoms with Crippen LogP contribution in [0.5, 0.6) is 0 Å². The van der Waals surface area contributed by atoms with Crippen LogP contribution in [-0.2, 0) is 12.1 Å². The van der Waals surface area contributed by atoms with Crippen LogP contribution in [0.25, 0.3) is 0 Å². The highest BCUT2D eigenvalue weighted by molar-refractivity contribution is 5.18. The largest absolute Gasteiger partial charge is 0.385 e. The molecule has 0 amide bonds. The summed E-state index contributed by atoms with van der Waals surface area (Å²) < 4.78 is 1.87. The van der Waals surface area contributed by atoms with E-state index in [-0.39, 0.29) is 5.41 Å². The lowest BCUT2D eigenvalue weighted by Crippen LogP contribution is -2.22. The number of hydrogen-bond acceptors (Lipinski definition) is 2. The molecule has 1 N–H and O–H groups in total. The zero-order valence-corrected chi connectivity index (χ0v) is 9.82. The van der Waals surface area contributed by atoms with Crippen molar-refractivity contribution in [3.8, 4) is 0 Å². The normalized spacial score (nSPS) is 29.6. The number of aryl methyl sites for hydroxylation is 1. The van der Waals surface area contributed by atoms with Crippen LogP contribution in [0.4, 0.5) is 0 Å². The van der Waals surface area contributed by atoms with E-state index in [1.807, 2.05) is 17.1 Å². The third kappa shape index (κ3) is 1.93. The summed E-state index contributed by atoms with van der Waals surface area (Å²) in [6, 6.07) is 0. The van der Waals surface area contributed by atoms with Crippen LogP contribution in [0.2, 0.25) is 0 Å². The topological polar surface area (TPSA) is 38.0 Å². The van der Waals surface area contributed by atoms with Gasteiger partial charge in [-0.3, -0.25) is 4.68 Å². The molecule has 1 fully saturated rings. The molecule has 1 unspecified atom stereocenters. The molecular weight excluding hydrogens is 188 g/mol. The van der Waals surface area contributed by atoms with E-state index < -0.39 is 5.60 Å². The van der Waals surface area contributed by atoms with Crippen molar-refractivity contribution in [3.63, 3.8) is 0 Å².